The van der Waals surface area contributed by atoms with Crippen molar-refractivity contribution in [2.75, 3.05) is 0 Å². The molecule has 0 radical (unpaired) electrons. The summed E-state index contributed by atoms with van der Waals surface area (Å²) in [6, 6.07) is 0. The fourth-order valence-electron chi connectivity index (χ4n) is 2.04. The highest BCUT2D eigenvalue weighted by Crippen LogP contribution is 2.38. The minimum absolute atomic E-state index is 0.0467. The molecule has 1 aliphatic rings. The number of halogens is 2. The summed E-state index contributed by atoms with van der Waals surface area (Å²) >= 11 is 0. The Morgan fingerprint density at radius 1 is 1.27 bits per heavy atom. The Morgan fingerprint density at radius 2 is 1.93 bits per heavy atom. The van der Waals surface area contributed by atoms with Crippen LogP contribution >= 0.6 is 0 Å². The van der Waals surface area contributed by atoms with Crippen molar-refractivity contribution < 1.29 is 8.78 Å². The maximum Gasteiger partial charge on any atom is 0.310 e. The summed E-state index contributed by atoms with van der Waals surface area (Å²) in [7, 11) is 0. The molecule has 0 nitrogen and oxygen atoms in total. The highest BCUT2D eigenvalue weighted by atomic mass is 19.3. The first kappa shape index (κ1) is 12.5. The van der Waals surface area contributed by atoms with Gasteiger partial charge in [0.15, 0.2) is 0 Å². The number of hydrogen-bond acceptors (Lipinski definition) is 0. The molecule has 0 bridgehead atoms. The predicted octanol–water partition coefficient (Wildman–Crippen LogP) is 4.25. The first-order valence-corrected chi connectivity index (χ1v) is 5.69. The van der Waals surface area contributed by atoms with Crippen LogP contribution in [0.2, 0.25) is 0 Å². The van der Waals surface area contributed by atoms with Gasteiger partial charge in [0.25, 0.3) is 0 Å². The van der Waals surface area contributed by atoms with Gasteiger partial charge in [-0.25, -0.2) is 0 Å². The normalized spacial score (nSPS) is 26.1. The van der Waals surface area contributed by atoms with Crippen LogP contribution in [-0.4, -0.2) is 5.92 Å². The zero-order valence-corrected chi connectivity index (χ0v) is 9.87. The number of alkyl halides is 2. The maximum atomic E-state index is 13.7. The van der Waals surface area contributed by atoms with Crippen molar-refractivity contribution in [3.05, 3.63) is 0 Å². The molecule has 0 fully saturated rings. The van der Waals surface area contributed by atoms with Gasteiger partial charge in [0.05, 0.1) is 0 Å². The van der Waals surface area contributed by atoms with Crippen molar-refractivity contribution in [1.29, 1.82) is 0 Å². The lowest BCUT2D eigenvalue weighted by atomic mass is 9.79. The van der Waals surface area contributed by atoms with E-state index in [1.165, 1.54) is 0 Å². The summed E-state index contributed by atoms with van der Waals surface area (Å²) in [6.45, 7) is 6.03. The van der Waals surface area contributed by atoms with E-state index in [1.54, 1.807) is 0 Å². The summed E-state index contributed by atoms with van der Waals surface area (Å²) in [5, 5.41) is 0. The summed E-state index contributed by atoms with van der Waals surface area (Å²) in [5.74, 6) is 1.39. The molecule has 0 aromatic heterocycles. The van der Waals surface area contributed by atoms with Gasteiger partial charge in [0, 0.05) is 12.3 Å². The van der Waals surface area contributed by atoms with Crippen LogP contribution in [0.15, 0.2) is 0 Å². The molecule has 0 heterocycles. The molecule has 0 saturated heterocycles. The van der Waals surface area contributed by atoms with E-state index >= 15 is 0 Å². The zero-order chi connectivity index (χ0) is 11.5. The smallest absolute Gasteiger partial charge is 0.192 e. The van der Waals surface area contributed by atoms with E-state index in [9.17, 15) is 8.78 Å². The van der Waals surface area contributed by atoms with E-state index in [0.29, 0.717) is 19.3 Å². The van der Waals surface area contributed by atoms with Crippen molar-refractivity contribution >= 4 is 0 Å². The van der Waals surface area contributed by atoms with Gasteiger partial charge < -0.3 is 0 Å². The highest BCUT2D eigenvalue weighted by Gasteiger charge is 2.39. The van der Waals surface area contributed by atoms with Crippen LogP contribution in [-0.2, 0) is 0 Å². The Labute approximate surface area is 91.4 Å². The van der Waals surface area contributed by atoms with E-state index in [2.05, 4.69) is 11.8 Å². The summed E-state index contributed by atoms with van der Waals surface area (Å²) in [6.07, 6.45) is 3.63. The van der Waals surface area contributed by atoms with E-state index in [1.807, 2.05) is 20.8 Å². The van der Waals surface area contributed by atoms with Crippen molar-refractivity contribution in [1.82, 2.24) is 0 Å². The molecule has 0 spiro atoms. The molecular formula is C13H20F2. The molecule has 0 aromatic carbocycles. The second kappa shape index (κ2) is 4.51. The molecule has 1 atom stereocenters. The van der Waals surface area contributed by atoms with E-state index in [0.717, 1.165) is 12.8 Å². The number of rotatable bonds is 1. The molecular weight excluding hydrogens is 194 g/mol. The maximum absolute atomic E-state index is 13.7. The first-order chi connectivity index (χ1) is 6.81. The Hall–Kier alpha value is -0.580. The Bertz CT molecular complexity index is 262. The molecule has 0 saturated carbocycles. The van der Waals surface area contributed by atoms with Crippen LogP contribution in [0.1, 0.15) is 52.9 Å². The Balaban J connectivity index is 2.77. The van der Waals surface area contributed by atoms with Gasteiger partial charge >= 0.3 is 5.92 Å². The van der Waals surface area contributed by atoms with Crippen molar-refractivity contribution in [3.63, 3.8) is 0 Å². The quantitative estimate of drug-likeness (QED) is 0.572. The topological polar surface area (TPSA) is 0 Å². The largest absolute Gasteiger partial charge is 0.310 e. The van der Waals surface area contributed by atoms with Gasteiger partial charge in [-0.3, -0.25) is 0 Å². The van der Waals surface area contributed by atoms with Gasteiger partial charge in [-0.05, 0) is 30.6 Å². The molecule has 1 aliphatic carbocycles. The zero-order valence-electron chi connectivity index (χ0n) is 9.87. The molecule has 1 rings (SSSR count). The third kappa shape index (κ3) is 4.20. The van der Waals surface area contributed by atoms with Crippen LogP contribution in [0.5, 0.6) is 0 Å². The molecule has 2 heteroatoms. The second-order valence-corrected chi connectivity index (χ2v) is 5.63. The third-order valence-electron chi connectivity index (χ3n) is 2.73. The Morgan fingerprint density at radius 3 is 2.53 bits per heavy atom. The monoisotopic (exact) mass is 214 g/mol. The molecule has 0 aromatic rings. The highest BCUT2D eigenvalue weighted by molar-refractivity contribution is 5.12. The van der Waals surface area contributed by atoms with Gasteiger partial charge in [-0.1, -0.05) is 33.1 Å². The number of hydrogen-bond donors (Lipinski definition) is 0. The fraction of sp³-hybridized carbons (Fsp3) is 0.846. The lowest BCUT2D eigenvalue weighted by molar-refractivity contribution is -0.0214. The van der Waals surface area contributed by atoms with Gasteiger partial charge in [-0.2, -0.15) is 8.78 Å². The van der Waals surface area contributed by atoms with Gasteiger partial charge in [-0.15, -0.1) is 0 Å². The SMILES string of the molecule is CC(C)(C)CC1CCCCC#CC1(F)F. The van der Waals surface area contributed by atoms with E-state index < -0.39 is 11.8 Å². The lowest BCUT2D eigenvalue weighted by Gasteiger charge is -2.30. The summed E-state index contributed by atoms with van der Waals surface area (Å²) < 4.78 is 27.3. The van der Waals surface area contributed by atoms with Crippen LogP contribution < -0.4 is 0 Å². The second-order valence-electron chi connectivity index (χ2n) is 5.63. The van der Waals surface area contributed by atoms with E-state index in [-0.39, 0.29) is 5.41 Å². The van der Waals surface area contributed by atoms with Crippen LogP contribution in [0.3, 0.4) is 0 Å². The minimum Gasteiger partial charge on any atom is -0.192 e. The average Bonchev–Trinajstić information content (AvgIpc) is 2.04. The van der Waals surface area contributed by atoms with E-state index in [4.69, 9.17) is 0 Å². The molecule has 1 unspecified atom stereocenters. The van der Waals surface area contributed by atoms with Crippen molar-refractivity contribution in [2.24, 2.45) is 11.3 Å². The molecule has 15 heavy (non-hydrogen) atoms. The standard InChI is InChI=1S/C13H20F2/c1-12(2,3)10-11-8-6-4-5-7-9-13(11,14)15/h11H,4-6,8,10H2,1-3H3. The molecule has 86 valence electrons. The van der Waals surface area contributed by atoms with Gasteiger partial charge in [0.2, 0.25) is 0 Å². The van der Waals surface area contributed by atoms with Crippen molar-refractivity contribution in [3.8, 4) is 11.8 Å². The molecule has 0 amide bonds. The summed E-state index contributed by atoms with van der Waals surface area (Å²) in [5.41, 5.74) is -0.0467. The average molecular weight is 214 g/mol. The predicted molar refractivity (Wildman–Crippen MR) is 58.8 cm³/mol. The molecule has 0 N–H and O–H groups in total. The van der Waals surface area contributed by atoms with Crippen LogP contribution in [0.25, 0.3) is 0 Å². The minimum atomic E-state index is -2.78. The van der Waals surface area contributed by atoms with Crippen LogP contribution in [0.4, 0.5) is 8.78 Å². The first-order valence-electron chi connectivity index (χ1n) is 5.69. The lowest BCUT2D eigenvalue weighted by Crippen LogP contribution is -2.30. The van der Waals surface area contributed by atoms with Gasteiger partial charge in [0.1, 0.15) is 0 Å². The van der Waals surface area contributed by atoms with Crippen molar-refractivity contribution in [2.45, 2.75) is 58.8 Å². The third-order valence-corrected chi connectivity index (χ3v) is 2.73. The molecule has 0 aliphatic heterocycles. The summed E-state index contributed by atoms with van der Waals surface area (Å²) in [4.78, 5) is 0. The Kier molecular flexibility index (Phi) is 3.76. The fourth-order valence-corrected chi connectivity index (χ4v) is 2.04. The van der Waals surface area contributed by atoms with Crippen LogP contribution in [0, 0.1) is 23.2 Å².